The lowest BCUT2D eigenvalue weighted by Crippen LogP contribution is -2.54. The first kappa shape index (κ1) is 19.7. The van der Waals surface area contributed by atoms with Gasteiger partial charge in [-0.1, -0.05) is 36.7 Å². The number of carbonyl (C=O) groups is 1. The number of piperidine rings is 1. The summed E-state index contributed by atoms with van der Waals surface area (Å²) in [5.74, 6) is -0.0965. The number of carbonyl (C=O) groups excluding carboxylic acids is 1. The quantitative estimate of drug-likeness (QED) is 0.864. The third-order valence-electron chi connectivity index (χ3n) is 4.75. The van der Waals surface area contributed by atoms with Crippen LogP contribution in [-0.2, 0) is 0 Å². The van der Waals surface area contributed by atoms with Crippen molar-refractivity contribution in [1.29, 1.82) is 0 Å². The highest BCUT2D eigenvalue weighted by atomic mass is 35.5. The smallest absolute Gasteiger partial charge is 0.276 e. The molecule has 1 fully saturated rings. The first-order chi connectivity index (χ1) is 11.3. The molecule has 1 unspecified atom stereocenters. The monoisotopic (exact) mass is 383 g/mol. The highest BCUT2D eigenvalue weighted by Crippen LogP contribution is 2.29. The molecule has 2 N–H and O–H groups in total. The van der Waals surface area contributed by atoms with Crippen LogP contribution in [0.5, 0.6) is 0 Å². The van der Waals surface area contributed by atoms with Gasteiger partial charge < -0.3 is 10.6 Å². The summed E-state index contributed by atoms with van der Waals surface area (Å²) in [6.45, 7) is 7.29. The highest BCUT2D eigenvalue weighted by molar-refractivity contribution is 6.30. The first-order valence-corrected chi connectivity index (χ1v) is 8.40. The van der Waals surface area contributed by atoms with Crippen molar-refractivity contribution in [1.82, 2.24) is 19.9 Å². The minimum Gasteiger partial charge on any atom is -0.337 e. The summed E-state index contributed by atoms with van der Waals surface area (Å²) in [4.78, 5) is 14.7. The van der Waals surface area contributed by atoms with Crippen molar-refractivity contribution in [3.63, 3.8) is 0 Å². The highest BCUT2D eigenvalue weighted by Gasteiger charge is 2.36. The number of rotatable bonds is 2. The van der Waals surface area contributed by atoms with Crippen molar-refractivity contribution >= 4 is 29.9 Å². The van der Waals surface area contributed by atoms with Gasteiger partial charge in [0.05, 0.1) is 11.4 Å². The fourth-order valence-electron chi connectivity index (χ4n) is 3.08. The molecule has 25 heavy (non-hydrogen) atoms. The molecule has 1 saturated heterocycles. The maximum Gasteiger partial charge on any atom is 0.276 e. The maximum absolute atomic E-state index is 12.9. The van der Waals surface area contributed by atoms with E-state index in [9.17, 15) is 4.79 Å². The molecule has 136 valence electrons. The Morgan fingerprint density at radius 1 is 1.40 bits per heavy atom. The summed E-state index contributed by atoms with van der Waals surface area (Å²) < 4.78 is 1.64. The average molecular weight is 384 g/mol. The summed E-state index contributed by atoms with van der Waals surface area (Å²) >= 11 is 6.03. The van der Waals surface area contributed by atoms with Crippen molar-refractivity contribution in [2.75, 3.05) is 13.1 Å². The van der Waals surface area contributed by atoms with Crippen LogP contribution in [0.4, 0.5) is 0 Å². The Kier molecular flexibility index (Phi) is 5.76. The molecule has 1 amide bonds. The number of aromatic nitrogens is 3. The van der Waals surface area contributed by atoms with E-state index in [1.807, 2.05) is 24.0 Å². The van der Waals surface area contributed by atoms with E-state index < -0.39 is 0 Å². The molecule has 0 radical (unpaired) electrons. The number of hydrogen-bond donors (Lipinski definition) is 1. The van der Waals surface area contributed by atoms with E-state index in [4.69, 9.17) is 17.3 Å². The number of amides is 1. The maximum atomic E-state index is 12.9. The zero-order valence-electron chi connectivity index (χ0n) is 14.6. The summed E-state index contributed by atoms with van der Waals surface area (Å²) in [7, 11) is 0. The number of benzene rings is 1. The molecule has 2 heterocycles. The van der Waals surface area contributed by atoms with Crippen molar-refractivity contribution in [3.8, 4) is 5.69 Å². The normalized spacial score (nSPS) is 19.4. The van der Waals surface area contributed by atoms with Crippen LogP contribution in [0.25, 0.3) is 5.69 Å². The van der Waals surface area contributed by atoms with Crippen molar-refractivity contribution < 1.29 is 4.79 Å². The number of halogens is 2. The van der Waals surface area contributed by atoms with E-state index in [1.54, 1.807) is 16.8 Å². The lowest BCUT2D eigenvalue weighted by atomic mass is 9.79. The number of likely N-dealkylation sites (tertiary alicyclic amines) is 1. The van der Waals surface area contributed by atoms with Crippen LogP contribution in [-0.4, -0.2) is 44.9 Å². The molecule has 2 aromatic rings. The summed E-state index contributed by atoms with van der Waals surface area (Å²) in [6, 6.07) is 7.41. The Morgan fingerprint density at radius 3 is 2.76 bits per heavy atom. The van der Waals surface area contributed by atoms with Gasteiger partial charge in [-0.25, -0.2) is 4.68 Å². The molecule has 0 bridgehead atoms. The van der Waals surface area contributed by atoms with Gasteiger partial charge in [0.1, 0.15) is 0 Å². The fraction of sp³-hybridized carbons (Fsp3) is 0.471. The molecule has 1 aliphatic heterocycles. The predicted octanol–water partition coefficient (Wildman–Crippen LogP) is 2.85. The van der Waals surface area contributed by atoms with E-state index in [0.717, 1.165) is 12.1 Å². The van der Waals surface area contributed by atoms with E-state index >= 15 is 0 Å². The van der Waals surface area contributed by atoms with Crippen LogP contribution < -0.4 is 5.73 Å². The standard InChI is InChI=1S/C17H22ClN5O.ClH/c1-11-15(16(24)22-8-7-14(19)17(2,3)10-22)20-21-23(11)13-6-4-5-12(18)9-13;/h4-6,9,14H,7-8,10,19H2,1-3H3;1H. The first-order valence-electron chi connectivity index (χ1n) is 8.03. The van der Waals surface area contributed by atoms with Gasteiger partial charge in [-0.2, -0.15) is 0 Å². The Labute approximate surface area is 158 Å². The van der Waals surface area contributed by atoms with E-state index in [0.29, 0.717) is 29.5 Å². The van der Waals surface area contributed by atoms with Crippen LogP contribution in [0.3, 0.4) is 0 Å². The average Bonchev–Trinajstić information content (AvgIpc) is 2.91. The van der Waals surface area contributed by atoms with Crippen LogP contribution in [0.1, 0.15) is 36.5 Å². The molecule has 1 aliphatic rings. The topological polar surface area (TPSA) is 77.0 Å². The molecular formula is C17H23Cl2N5O. The zero-order valence-corrected chi connectivity index (χ0v) is 16.1. The predicted molar refractivity (Wildman–Crippen MR) is 101 cm³/mol. The fourth-order valence-corrected chi connectivity index (χ4v) is 3.26. The molecular weight excluding hydrogens is 361 g/mol. The second-order valence-corrected chi connectivity index (χ2v) is 7.46. The third-order valence-corrected chi connectivity index (χ3v) is 4.98. The number of nitrogens with zero attached hydrogens (tertiary/aromatic N) is 4. The minimum absolute atomic E-state index is 0. The molecule has 8 heteroatoms. The molecule has 0 spiro atoms. The van der Waals surface area contributed by atoms with Crippen molar-refractivity contribution in [2.45, 2.75) is 33.2 Å². The number of hydrogen-bond acceptors (Lipinski definition) is 4. The van der Waals surface area contributed by atoms with E-state index in [1.165, 1.54) is 0 Å². The molecule has 3 rings (SSSR count). The van der Waals surface area contributed by atoms with Gasteiger partial charge in [0.25, 0.3) is 5.91 Å². The SMILES string of the molecule is Cc1c(C(=O)N2CCC(N)C(C)(C)C2)nnn1-c1cccc(Cl)c1.Cl. The van der Waals surface area contributed by atoms with Gasteiger partial charge in [-0.15, -0.1) is 17.5 Å². The minimum atomic E-state index is -0.106. The molecule has 1 aromatic carbocycles. The lowest BCUT2D eigenvalue weighted by Gasteiger charge is -2.42. The largest absolute Gasteiger partial charge is 0.337 e. The number of nitrogens with two attached hydrogens (primary N) is 1. The summed E-state index contributed by atoms with van der Waals surface area (Å²) in [5.41, 5.74) is 7.91. The van der Waals surface area contributed by atoms with Gasteiger partial charge >= 0.3 is 0 Å². The summed E-state index contributed by atoms with van der Waals surface area (Å²) in [5, 5.41) is 8.85. The Balaban J connectivity index is 0.00000225. The van der Waals surface area contributed by atoms with Crippen LogP contribution in [0.2, 0.25) is 5.02 Å². The van der Waals surface area contributed by atoms with Gasteiger partial charge in [0, 0.05) is 24.2 Å². The zero-order chi connectivity index (χ0) is 17.5. The van der Waals surface area contributed by atoms with Crippen LogP contribution in [0, 0.1) is 12.3 Å². The lowest BCUT2D eigenvalue weighted by molar-refractivity contribution is 0.0526. The van der Waals surface area contributed by atoms with E-state index in [-0.39, 0.29) is 29.8 Å². The molecule has 1 atom stereocenters. The van der Waals surface area contributed by atoms with E-state index in [2.05, 4.69) is 24.2 Å². The Morgan fingerprint density at radius 2 is 2.12 bits per heavy atom. The van der Waals surface area contributed by atoms with Gasteiger partial charge in [-0.05, 0) is 37.0 Å². The Hall–Kier alpha value is -1.63. The van der Waals surface area contributed by atoms with Crippen molar-refractivity contribution in [3.05, 3.63) is 40.7 Å². The molecule has 6 nitrogen and oxygen atoms in total. The third kappa shape index (κ3) is 3.81. The van der Waals surface area contributed by atoms with Gasteiger partial charge in [-0.3, -0.25) is 4.79 Å². The van der Waals surface area contributed by atoms with Crippen LogP contribution >= 0.6 is 24.0 Å². The van der Waals surface area contributed by atoms with Crippen molar-refractivity contribution in [2.24, 2.45) is 11.1 Å². The van der Waals surface area contributed by atoms with Gasteiger partial charge in [0.2, 0.25) is 0 Å². The molecule has 0 saturated carbocycles. The van der Waals surface area contributed by atoms with Crippen LogP contribution in [0.15, 0.2) is 24.3 Å². The molecule has 0 aliphatic carbocycles. The van der Waals surface area contributed by atoms with Gasteiger partial charge in [0.15, 0.2) is 5.69 Å². The second kappa shape index (κ2) is 7.32. The second-order valence-electron chi connectivity index (χ2n) is 7.03. The molecule has 1 aromatic heterocycles. The Bertz CT molecular complexity index is 774. The summed E-state index contributed by atoms with van der Waals surface area (Å²) in [6.07, 6.45) is 0.792.